The Balaban J connectivity index is 1.92. The molecular formula is C21H24N4O2. The van der Waals surface area contributed by atoms with Crippen molar-refractivity contribution in [2.24, 2.45) is 0 Å². The summed E-state index contributed by atoms with van der Waals surface area (Å²) < 4.78 is 1.65. The number of aromatic nitrogens is 2. The van der Waals surface area contributed by atoms with Gasteiger partial charge in [-0.15, -0.1) is 0 Å². The third-order valence-electron chi connectivity index (χ3n) is 4.41. The molecule has 0 saturated heterocycles. The van der Waals surface area contributed by atoms with Crippen LogP contribution in [0, 0.1) is 13.8 Å². The monoisotopic (exact) mass is 364 g/mol. The van der Waals surface area contributed by atoms with Gasteiger partial charge in [-0.25, -0.2) is 4.98 Å². The smallest absolute Gasteiger partial charge is 0.292 e. The first-order valence-electron chi connectivity index (χ1n) is 9.15. The van der Waals surface area contributed by atoms with Gasteiger partial charge in [0.2, 0.25) is 5.82 Å². The van der Waals surface area contributed by atoms with E-state index in [-0.39, 0.29) is 23.3 Å². The van der Waals surface area contributed by atoms with Gasteiger partial charge in [0.15, 0.2) is 5.69 Å². The zero-order valence-electron chi connectivity index (χ0n) is 15.9. The molecule has 6 nitrogen and oxygen atoms in total. The van der Waals surface area contributed by atoms with E-state index >= 15 is 0 Å². The Kier molecular flexibility index (Phi) is 5.54. The molecule has 0 aliphatic heterocycles. The molecule has 140 valence electrons. The van der Waals surface area contributed by atoms with Crippen LogP contribution in [0.1, 0.15) is 52.0 Å². The molecular weight excluding hydrogens is 340 g/mol. The van der Waals surface area contributed by atoms with E-state index in [1.165, 1.54) is 0 Å². The summed E-state index contributed by atoms with van der Waals surface area (Å²) in [6, 6.07) is 11.2. The van der Waals surface area contributed by atoms with Gasteiger partial charge >= 0.3 is 0 Å². The lowest BCUT2D eigenvalue weighted by Crippen LogP contribution is -2.25. The number of amides is 2. The van der Waals surface area contributed by atoms with Gasteiger partial charge in [-0.1, -0.05) is 37.1 Å². The number of benzene rings is 1. The number of pyridine rings is 1. The summed E-state index contributed by atoms with van der Waals surface area (Å²) >= 11 is 0. The number of carbonyl (C=O) groups excluding carboxylic acids is 2. The van der Waals surface area contributed by atoms with Crippen molar-refractivity contribution in [2.75, 3.05) is 11.9 Å². The quantitative estimate of drug-likeness (QED) is 0.654. The Labute approximate surface area is 158 Å². The maximum Gasteiger partial charge on any atom is 0.292 e. The van der Waals surface area contributed by atoms with Crippen LogP contribution in [0.2, 0.25) is 0 Å². The Hall–Kier alpha value is -3.15. The van der Waals surface area contributed by atoms with Crippen molar-refractivity contribution in [3.05, 3.63) is 65.2 Å². The summed E-state index contributed by atoms with van der Waals surface area (Å²) in [4.78, 5) is 29.7. The summed E-state index contributed by atoms with van der Waals surface area (Å²) in [6.07, 6.45) is 3.63. The molecule has 2 amide bonds. The minimum Gasteiger partial charge on any atom is -0.351 e. The predicted octanol–water partition coefficient (Wildman–Crippen LogP) is 3.73. The van der Waals surface area contributed by atoms with Gasteiger partial charge in [0.25, 0.3) is 11.8 Å². The third-order valence-corrected chi connectivity index (χ3v) is 4.41. The zero-order chi connectivity index (χ0) is 19.4. The number of nitrogens with zero attached hydrogens (tertiary/aromatic N) is 2. The first kappa shape index (κ1) is 18.6. The molecule has 0 unspecified atom stereocenters. The number of carbonyl (C=O) groups is 2. The van der Waals surface area contributed by atoms with Gasteiger partial charge in [0.05, 0.1) is 5.52 Å². The minimum absolute atomic E-state index is 0.186. The number of nitrogens with one attached hydrogen (secondary N) is 2. The van der Waals surface area contributed by atoms with Crippen LogP contribution in [-0.4, -0.2) is 27.7 Å². The molecule has 0 atom stereocenters. The van der Waals surface area contributed by atoms with Gasteiger partial charge in [-0.3, -0.25) is 14.0 Å². The third kappa shape index (κ3) is 4.00. The second-order valence-electron chi connectivity index (χ2n) is 6.62. The molecule has 0 saturated carbocycles. The van der Waals surface area contributed by atoms with E-state index < -0.39 is 0 Å². The second-order valence-corrected chi connectivity index (χ2v) is 6.62. The lowest BCUT2D eigenvalue weighted by atomic mass is 10.1. The molecule has 0 aliphatic carbocycles. The second kappa shape index (κ2) is 8.03. The van der Waals surface area contributed by atoms with Crippen molar-refractivity contribution in [1.82, 2.24) is 14.7 Å². The zero-order valence-corrected chi connectivity index (χ0v) is 15.9. The van der Waals surface area contributed by atoms with E-state index in [1.807, 2.05) is 38.1 Å². The number of rotatable bonds is 6. The number of anilines is 1. The summed E-state index contributed by atoms with van der Waals surface area (Å²) in [6.45, 7) is 6.60. The number of hydrogen-bond acceptors (Lipinski definition) is 3. The van der Waals surface area contributed by atoms with Crippen LogP contribution in [0.4, 0.5) is 5.69 Å². The van der Waals surface area contributed by atoms with Crippen LogP contribution in [0.5, 0.6) is 0 Å². The summed E-state index contributed by atoms with van der Waals surface area (Å²) in [7, 11) is 0. The fraction of sp³-hybridized carbons (Fsp3) is 0.286. The average Bonchev–Trinajstić information content (AvgIpc) is 3.04. The molecule has 2 heterocycles. The number of hydrogen-bond donors (Lipinski definition) is 2. The van der Waals surface area contributed by atoms with Gasteiger partial charge in [-0.05, 0) is 44.0 Å². The summed E-state index contributed by atoms with van der Waals surface area (Å²) in [5.41, 5.74) is 3.70. The molecule has 3 rings (SSSR count). The van der Waals surface area contributed by atoms with E-state index in [2.05, 4.69) is 22.5 Å². The minimum atomic E-state index is -0.351. The Bertz CT molecular complexity index is 991. The van der Waals surface area contributed by atoms with E-state index in [0.29, 0.717) is 12.1 Å². The molecule has 3 aromatic rings. The lowest BCUT2D eigenvalue weighted by molar-refractivity contribution is 0.0950. The van der Waals surface area contributed by atoms with Crippen LogP contribution in [0.3, 0.4) is 0 Å². The van der Waals surface area contributed by atoms with E-state index in [4.69, 9.17) is 0 Å². The first-order valence-corrected chi connectivity index (χ1v) is 9.15. The summed E-state index contributed by atoms with van der Waals surface area (Å²) in [5.74, 6) is -0.431. The van der Waals surface area contributed by atoms with Crippen molar-refractivity contribution < 1.29 is 9.59 Å². The van der Waals surface area contributed by atoms with Crippen LogP contribution < -0.4 is 10.6 Å². The fourth-order valence-electron chi connectivity index (χ4n) is 2.96. The SMILES string of the molecule is CCCCNC(=O)c1nc(C(=O)Nc2ccc(C)cc2C)n2ccccc12. The van der Waals surface area contributed by atoms with Gasteiger partial charge in [0, 0.05) is 18.4 Å². The molecule has 6 heteroatoms. The van der Waals surface area contributed by atoms with Crippen LogP contribution in [0.25, 0.3) is 5.52 Å². The van der Waals surface area contributed by atoms with Crippen molar-refractivity contribution in [3.63, 3.8) is 0 Å². The van der Waals surface area contributed by atoms with Crippen molar-refractivity contribution in [2.45, 2.75) is 33.6 Å². The normalized spacial score (nSPS) is 10.8. The topological polar surface area (TPSA) is 75.5 Å². The Morgan fingerprint density at radius 2 is 1.93 bits per heavy atom. The number of unbranched alkanes of at least 4 members (excludes halogenated alkanes) is 1. The average molecular weight is 364 g/mol. The maximum atomic E-state index is 12.8. The molecule has 27 heavy (non-hydrogen) atoms. The molecule has 0 spiro atoms. The molecule has 0 fully saturated rings. The standard InChI is InChI=1S/C21H24N4O2/c1-4-5-11-22-20(26)18-17-8-6-7-12-25(17)19(24-18)21(27)23-16-10-9-14(2)13-15(16)3/h6-10,12-13H,4-5,11H2,1-3H3,(H,22,26)(H,23,27). The van der Waals surface area contributed by atoms with Crippen molar-refractivity contribution >= 4 is 23.0 Å². The van der Waals surface area contributed by atoms with Crippen molar-refractivity contribution in [3.8, 4) is 0 Å². The number of aryl methyl sites for hydroxylation is 2. The maximum absolute atomic E-state index is 12.8. The highest BCUT2D eigenvalue weighted by atomic mass is 16.2. The van der Waals surface area contributed by atoms with E-state index in [0.717, 1.165) is 29.7 Å². The molecule has 0 bridgehead atoms. The number of fused-ring (bicyclic) bond motifs is 1. The highest BCUT2D eigenvalue weighted by Gasteiger charge is 2.21. The summed E-state index contributed by atoms with van der Waals surface area (Å²) in [5, 5.41) is 5.76. The fourth-order valence-corrected chi connectivity index (χ4v) is 2.96. The van der Waals surface area contributed by atoms with Crippen LogP contribution >= 0.6 is 0 Å². The highest BCUT2D eigenvalue weighted by Crippen LogP contribution is 2.19. The molecule has 2 N–H and O–H groups in total. The van der Waals surface area contributed by atoms with Crippen LogP contribution in [0.15, 0.2) is 42.6 Å². The predicted molar refractivity (Wildman–Crippen MR) is 106 cm³/mol. The van der Waals surface area contributed by atoms with Gasteiger partial charge in [-0.2, -0.15) is 0 Å². The Morgan fingerprint density at radius 3 is 2.67 bits per heavy atom. The Morgan fingerprint density at radius 1 is 1.11 bits per heavy atom. The van der Waals surface area contributed by atoms with Gasteiger partial charge in [0.1, 0.15) is 0 Å². The lowest BCUT2D eigenvalue weighted by Gasteiger charge is -2.08. The van der Waals surface area contributed by atoms with Gasteiger partial charge < -0.3 is 10.6 Å². The largest absolute Gasteiger partial charge is 0.351 e. The van der Waals surface area contributed by atoms with E-state index in [1.54, 1.807) is 22.7 Å². The van der Waals surface area contributed by atoms with E-state index in [9.17, 15) is 9.59 Å². The molecule has 0 aliphatic rings. The molecule has 0 radical (unpaired) electrons. The van der Waals surface area contributed by atoms with Crippen LogP contribution in [-0.2, 0) is 0 Å². The van der Waals surface area contributed by atoms with Crippen molar-refractivity contribution in [1.29, 1.82) is 0 Å². The first-order chi connectivity index (χ1) is 13.0. The molecule has 2 aromatic heterocycles. The highest BCUT2D eigenvalue weighted by molar-refractivity contribution is 6.06. The molecule has 1 aromatic carbocycles. The number of imidazole rings is 1.